The Kier molecular flexibility index (Phi) is 6.46. The molecule has 0 aromatic rings. The highest BCUT2D eigenvalue weighted by molar-refractivity contribution is 9.12. The van der Waals surface area contributed by atoms with E-state index in [1.54, 1.807) is 6.20 Å². The topological polar surface area (TPSA) is 24.7 Å². The van der Waals surface area contributed by atoms with Gasteiger partial charge in [0.15, 0.2) is 0 Å². The molecule has 0 bridgehead atoms. The fourth-order valence-electron chi connectivity index (χ4n) is 0.583. The molecule has 0 fully saturated rings. The van der Waals surface area contributed by atoms with Gasteiger partial charge in [-0.05, 0) is 29.1 Å². The fourth-order valence-corrected chi connectivity index (χ4v) is 1.28. The van der Waals surface area contributed by atoms with E-state index in [0.717, 1.165) is 16.6 Å². The summed E-state index contributed by atoms with van der Waals surface area (Å²) in [5, 5.41) is 0. The molecule has 0 rings (SSSR count). The molecule has 0 aromatic heterocycles. The Bertz CT molecular complexity index is 187. The van der Waals surface area contributed by atoms with Crippen molar-refractivity contribution in [2.24, 2.45) is 9.98 Å². The maximum atomic E-state index is 5.44. The maximum Gasteiger partial charge on any atom is 0.113 e. The Morgan fingerprint density at radius 1 is 1.73 bits per heavy atom. The Morgan fingerprint density at radius 3 is 2.73 bits per heavy atom. The summed E-state index contributed by atoms with van der Waals surface area (Å²) in [6, 6.07) is 0.281. The summed E-state index contributed by atoms with van der Waals surface area (Å²) in [6.45, 7) is 5.34. The Hall–Kier alpha value is -0.150. The van der Waals surface area contributed by atoms with Crippen LogP contribution in [0.15, 0.2) is 20.7 Å². The molecule has 0 radical (unpaired) electrons. The molecule has 62 valence electrons. The number of aliphatic imine (C=N–C) groups is 2. The van der Waals surface area contributed by atoms with Crippen LogP contribution in [0.3, 0.4) is 0 Å². The van der Waals surface area contributed by atoms with Gasteiger partial charge in [-0.2, -0.15) is 0 Å². The normalized spacial score (nSPS) is 13.4. The summed E-state index contributed by atoms with van der Waals surface area (Å²) >= 11 is 8.74. The van der Waals surface area contributed by atoms with Crippen molar-refractivity contribution >= 4 is 40.0 Å². The Balaban J connectivity index is 4.37. The molecular weight excluding hydrogens is 227 g/mol. The summed E-state index contributed by atoms with van der Waals surface area (Å²) < 4.78 is 0.843. The molecular formula is C7H10BrClN2. The van der Waals surface area contributed by atoms with Gasteiger partial charge in [0.1, 0.15) is 6.00 Å². The minimum absolute atomic E-state index is 0.281. The SMILES string of the molecule is C=N/C=C(Br)\C(CC)=N/CCl. The van der Waals surface area contributed by atoms with Crippen LogP contribution in [0.5, 0.6) is 0 Å². The van der Waals surface area contributed by atoms with Crippen LogP contribution in [0, 0.1) is 0 Å². The molecule has 0 aliphatic rings. The molecule has 0 amide bonds. The van der Waals surface area contributed by atoms with Crippen molar-refractivity contribution in [1.29, 1.82) is 0 Å². The molecule has 0 N–H and O–H groups in total. The zero-order chi connectivity index (χ0) is 8.69. The molecule has 11 heavy (non-hydrogen) atoms. The lowest BCUT2D eigenvalue weighted by Crippen LogP contribution is -1.95. The number of alkyl halides is 1. The number of halogens is 2. The quantitative estimate of drug-likeness (QED) is 0.408. The highest BCUT2D eigenvalue weighted by Crippen LogP contribution is 2.10. The molecule has 0 aliphatic carbocycles. The van der Waals surface area contributed by atoms with Crippen molar-refractivity contribution in [2.75, 3.05) is 6.00 Å². The van der Waals surface area contributed by atoms with Crippen LogP contribution in [0.4, 0.5) is 0 Å². The highest BCUT2D eigenvalue weighted by atomic mass is 79.9. The predicted molar refractivity (Wildman–Crippen MR) is 55.0 cm³/mol. The Morgan fingerprint density at radius 2 is 2.36 bits per heavy atom. The van der Waals surface area contributed by atoms with Crippen molar-refractivity contribution in [2.45, 2.75) is 13.3 Å². The van der Waals surface area contributed by atoms with Gasteiger partial charge in [-0.25, -0.2) is 0 Å². The minimum atomic E-state index is 0.281. The van der Waals surface area contributed by atoms with E-state index in [1.165, 1.54) is 0 Å². The largest absolute Gasteiger partial charge is 0.273 e. The summed E-state index contributed by atoms with van der Waals surface area (Å²) in [5.74, 6) is 0. The molecule has 0 saturated heterocycles. The first-order chi connectivity index (χ1) is 5.26. The van der Waals surface area contributed by atoms with Crippen molar-refractivity contribution < 1.29 is 0 Å². The monoisotopic (exact) mass is 236 g/mol. The van der Waals surface area contributed by atoms with Gasteiger partial charge >= 0.3 is 0 Å². The van der Waals surface area contributed by atoms with E-state index in [2.05, 4.69) is 32.6 Å². The van der Waals surface area contributed by atoms with Crippen molar-refractivity contribution in [3.05, 3.63) is 10.7 Å². The fraction of sp³-hybridized carbons (Fsp3) is 0.429. The first-order valence-electron chi connectivity index (χ1n) is 3.17. The van der Waals surface area contributed by atoms with Gasteiger partial charge in [-0.3, -0.25) is 9.98 Å². The van der Waals surface area contributed by atoms with Crippen LogP contribution in [-0.2, 0) is 0 Å². The van der Waals surface area contributed by atoms with Gasteiger partial charge in [0.25, 0.3) is 0 Å². The summed E-state index contributed by atoms with van der Waals surface area (Å²) in [5.41, 5.74) is 0.910. The average Bonchev–Trinajstić information content (AvgIpc) is 2.00. The van der Waals surface area contributed by atoms with Crippen LogP contribution in [0.25, 0.3) is 0 Å². The third-order valence-corrected chi connectivity index (χ3v) is 1.85. The van der Waals surface area contributed by atoms with Crippen LogP contribution >= 0.6 is 27.5 Å². The number of allylic oxidation sites excluding steroid dienone is 1. The van der Waals surface area contributed by atoms with E-state index in [1.807, 2.05) is 6.92 Å². The zero-order valence-electron chi connectivity index (χ0n) is 6.35. The van der Waals surface area contributed by atoms with E-state index in [-0.39, 0.29) is 6.00 Å². The average molecular weight is 238 g/mol. The van der Waals surface area contributed by atoms with E-state index in [0.29, 0.717) is 0 Å². The molecule has 0 heterocycles. The van der Waals surface area contributed by atoms with Crippen LogP contribution in [0.1, 0.15) is 13.3 Å². The van der Waals surface area contributed by atoms with E-state index in [4.69, 9.17) is 11.6 Å². The first kappa shape index (κ1) is 10.8. The van der Waals surface area contributed by atoms with Gasteiger partial charge in [-0.1, -0.05) is 6.92 Å². The first-order valence-corrected chi connectivity index (χ1v) is 4.50. The lowest BCUT2D eigenvalue weighted by molar-refractivity contribution is 1.23. The van der Waals surface area contributed by atoms with Crippen molar-refractivity contribution in [1.82, 2.24) is 0 Å². The lowest BCUT2D eigenvalue weighted by atomic mass is 10.3. The minimum Gasteiger partial charge on any atom is -0.273 e. The zero-order valence-corrected chi connectivity index (χ0v) is 8.69. The standard InChI is InChI=1S/C7H10BrClN2/c1-3-7(11-5-9)6(8)4-10-2/h4H,2-3,5H2,1H3/b6-4+,11-7-. The van der Waals surface area contributed by atoms with Crippen LogP contribution in [-0.4, -0.2) is 18.4 Å². The van der Waals surface area contributed by atoms with Gasteiger partial charge in [0, 0.05) is 6.20 Å². The summed E-state index contributed by atoms with van der Waals surface area (Å²) in [6.07, 6.45) is 2.44. The Labute approximate surface area is 80.2 Å². The molecule has 4 heteroatoms. The predicted octanol–water partition coefficient (Wildman–Crippen LogP) is 2.97. The van der Waals surface area contributed by atoms with Crippen molar-refractivity contribution in [3.63, 3.8) is 0 Å². The van der Waals surface area contributed by atoms with Gasteiger partial charge in [0.2, 0.25) is 0 Å². The lowest BCUT2D eigenvalue weighted by Gasteiger charge is -1.98. The van der Waals surface area contributed by atoms with E-state index in [9.17, 15) is 0 Å². The highest BCUT2D eigenvalue weighted by Gasteiger charge is 1.98. The second-order valence-electron chi connectivity index (χ2n) is 1.74. The summed E-state index contributed by atoms with van der Waals surface area (Å²) in [4.78, 5) is 7.64. The van der Waals surface area contributed by atoms with E-state index < -0.39 is 0 Å². The third kappa shape index (κ3) is 4.32. The molecule has 0 atom stereocenters. The molecule has 0 spiro atoms. The molecule has 0 unspecified atom stereocenters. The van der Waals surface area contributed by atoms with Gasteiger partial charge in [-0.15, -0.1) is 11.6 Å². The molecule has 2 nitrogen and oxygen atoms in total. The smallest absolute Gasteiger partial charge is 0.113 e. The molecule has 0 aromatic carbocycles. The number of hydrogen-bond acceptors (Lipinski definition) is 2. The number of hydrogen-bond donors (Lipinski definition) is 0. The third-order valence-electron chi connectivity index (χ3n) is 1.07. The summed E-state index contributed by atoms with van der Waals surface area (Å²) in [7, 11) is 0. The van der Waals surface area contributed by atoms with Crippen LogP contribution in [0.2, 0.25) is 0 Å². The van der Waals surface area contributed by atoms with Crippen LogP contribution < -0.4 is 0 Å². The van der Waals surface area contributed by atoms with Gasteiger partial charge < -0.3 is 0 Å². The molecule has 0 aliphatic heterocycles. The molecule has 0 saturated carbocycles. The van der Waals surface area contributed by atoms with E-state index >= 15 is 0 Å². The number of nitrogens with zero attached hydrogens (tertiary/aromatic N) is 2. The second kappa shape index (κ2) is 6.55. The number of rotatable bonds is 4. The maximum absolute atomic E-state index is 5.44. The van der Waals surface area contributed by atoms with Gasteiger partial charge in [0.05, 0.1) is 10.2 Å². The second-order valence-corrected chi connectivity index (χ2v) is 2.83. The van der Waals surface area contributed by atoms with Crippen molar-refractivity contribution in [3.8, 4) is 0 Å².